The number of carbonyl (C=O) groups is 1. The van der Waals surface area contributed by atoms with Crippen molar-refractivity contribution in [3.05, 3.63) is 47.7 Å². The first-order valence-electron chi connectivity index (χ1n) is 6.82. The smallest absolute Gasteiger partial charge is 0.231 e. The second kappa shape index (κ2) is 5.83. The van der Waals surface area contributed by atoms with Crippen molar-refractivity contribution in [2.24, 2.45) is 0 Å². The molecule has 1 aromatic carbocycles. The maximum Gasteiger partial charge on any atom is 0.231 e. The first kappa shape index (κ1) is 13.4. The minimum atomic E-state index is -0.0468. The number of aryl methyl sites for hydroxylation is 2. The molecule has 108 valence electrons. The van der Waals surface area contributed by atoms with Gasteiger partial charge in [-0.05, 0) is 42.7 Å². The number of anilines is 1. The number of carbonyl (C=O) groups excluding carboxylic acids is 1. The zero-order chi connectivity index (χ0) is 14.7. The summed E-state index contributed by atoms with van der Waals surface area (Å²) in [5, 5.41) is 2.83. The predicted molar refractivity (Wildman–Crippen MR) is 78.5 cm³/mol. The Hall–Kier alpha value is -2.56. The number of hydrogen-bond acceptors (Lipinski definition) is 4. The van der Waals surface area contributed by atoms with Crippen LogP contribution in [0.4, 0.5) is 5.82 Å². The van der Waals surface area contributed by atoms with Crippen molar-refractivity contribution in [2.75, 3.05) is 12.1 Å². The Balaban J connectivity index is 1.58. The van der Waals surface area contributed by atoms with Crippen LogP contribution in [0.2, 0.25) is 0 Å². The fourth-order valence-electron chi connectivity index (χ4n) is 2.17. The molecule has 0 unspecified atom stereocenters. The summed E-state index contributed by atoms with van der Waals surface area (Å²) in [7, 11) is 0. The van der Waals surface area contributed by atoms with Crippen molar-refractivity contribution >= 4 is 11.7 Å². The molecule has 0 bridgehead atoms. The van der Waals surface area contributed by atoms with Gasteiger partial charge in [-0.2, -0.15) is 0 Å². The number of aromatic nitrogens is 1. The van der Waals surface area contributed by atoms with Gasteiger partial charge in [0, 0.05) is 12.6 Å². The van der Waals surface area contributed by atoms with Crippen LogP contribution in [0.25, 0.3) is 0 Å². The predicted octanol–water partition coefficient (Wildman–Crippen LogP) is 2.69. The summed E-state index contributed by atoms with van der Waals surface area (Å²) in [5.74, 6) is 2.07. The highest BCUT2D eigenvalue weighted by Crippen LogP contribution is 2.32. The van der Waals surface area contributed by atoms with Crippen molar-refractivity contribution in [2.45, 2.75) is 19.8 Å². The third-order valence-corrected chi connectivity index (χ3v) is 3.34. The van der Waals surface area contributed by atoms with Crippen molar-refractivity contribution in [3.8, 4) is 11.5 Å². The van der Waals surface area contributed by atoms with Crippen LogP contribution in [0.5, 0.6) is 11.5 Å². The van der Waals surface area contributed by atoms with Crippen molar-refractivity contribution in [3.63, 3.8) is 0 Å². The zero-order valence-corrected chi connectivity index (χ0v) is 11.8. The van der Waals surface area contributed by atoms with Gasteiger partial charge in [-0.3, -0.25) is 4.79 Å². The summed E-state index contributed by atoms with van der Waals surface area (Å²) in [6, 6.07) is 9.50. The number of fused-ring (bicyclic) bond motifs is 1. The summed E-state index contributed by atoms with van der Waals surface area (Å²) < 4.78 is 10.6. The molecule has 5 heteroatoms. The zero-order valence-electron chi connectivity index (χ0n) is 11.8. The van der Waals surface area contributed by atoms with Gasteiger partial charge >= 0.3 is 0 Å². The SMILES string of the molecule is Cc1cccnc1NC(=O)CCc1ccc2c(c1)OCO2. The summed E-state index contributed by atoms with van der Waals surface area (Å²) in [5.41, 5.74) is 2.00. The topological polar surface area (TPSA) is 60.5 Å². The summed E-state index contributed by atoms with van der Waals surface area (Å²) in [6.07, 6.45) is 2.71. The van der Waals surface area contributed by atoms with Gasteiger partial charge in [-0.1, -0.05) is 12.1 Å². The van der Waals surface area contributed by atoms with Crippen LogP contribution in [-0.4, -0.2) is 17.7 Å². The Labute approximate surface area is 122 Å². The fraction of sp³-hybridized carbons (Fsp3) is 0.250. The molecule has 0 spiro atoms. The van der Waals surface area contributed by atoms with Crippen LogP contribution >= 0.6 is 0 Å². The number of pyridine rings is 1. The van der Waals surface area contributed by atoms with E-state index in [9.17, 15) is 4.79 Å². The molecule has 1 amide bonds. The number of nitrogens with zero attached hydrogens (tertiary/aromatic N) is 1. The number of amides is 1. The lowest BCUT2D eigenvalue weighted by Crippen LogP contribution is -2.14. The molecule has 21 heavy (non-hydrogen) atoms. The Morgan fingerprint density at radius 3 is 3.00 bits per heavy atom. The molecule has 0 saturated heterocycles. The number of benzene rings is 1. The van der Waals surface area contributed by atoms with Crippen LogP contribution in [-0.2, 0) is 11.2 Å². The largest absolute Gasteiger partial charge is 0.454 e. The average Bonchev–Trinajstić information content (AvgIpc) is 2.95. The molecule has 1 aromatic heterocycles. The van der Waals surface area contributed by atoms with E-state index in [0.29, 0.717) is 18.7 Å². The quantitative estimate of drug-likeness (QED) is 0.937. The van der Waals surface area contributed by atoms with Crippen LogP contribution in [0.15, 0.2) is 36.5 Å². The molecule has 0 fully saturated rings. The number of nitrogens with one attached hydrogen (secondary N) is 1. The van der Waals surface area contributed by atoms with Crippen LogP contribution in [0.3, 0.4) is 0 Å². The molecule has 0 aliphatic carbocycles. The lowest BCUT2D eigenvalue weighted by atomic mass is 10.1. The molecule has 2 heterocycles. The van der Waals surface area contributed by atoms with Gasteiger partial charge < -0.3 is 14.8 Å². The molecule has 2 aromatic rings. The molecule has 0 atom stereocenters. The van der Waals surface area contributed by atoms with Crippen LogP contribution in [0.1, 0.15) is 17.5 Å². The van der Waals surface area contributed by atoms with E-state index in [4.69, 9.17) is 9.47 Å². The third-order valence-electron chi connectivity index (χ3n) is 3.34. The number of hydrogen-bond donors (Lipinski definition) is 1. The molecule has 0 radical (unpaired) electrons. The molecule has 1 aliphatic rings. The monoisotopic (exact) mass is 284 g/mol. The Kier molecular flexibility index (Phi) is 3.73. The normalized spacial score (nSPS) is 12.2. The van der Waals surface area contributed by atoms with Gasteiger partial charge in [0.05, 0.1) is 0 Å². The van der Waals surface area contributed by atoms with Gasteiger partial charge in [0.25, 0.3) is 0 Å². The van der Waals surface area contributed by atoms with Gasteiger partial charge in [-0.15, -0.1) is 0 Å². The second-order valence-corrected chi connectivity index (χ2v) is 4.90. The second-order valence-electron chi connectivity index (χ2n) is 4.90. The lowest BCUT2D eigenvalue weighted by Gasteiger charge is -2.07. The maximum absolute atomic E-state index is 12.0. The fourth-order valence-corrected chi connectivity index (χ4v) is 2.17. The highest BCUT2D eigenvalue weighted by molar-refractivity contribution is 5.90. The molecular weight excluding hydrogens is 268 g/mol. The minimum Gasteiger partial charge on any atom is -0.454 e. The van der Waals surface area contributed by atoms with E-state index in [0.717, 1.165) is 22.6 Å². The highest BCUT2D eigenvalue weighted by Gasteiger charge is 2.13. The van der Waals surface area contributed by atoms with E-state index in [1.807, 2.05) is 37.3 Å². The maximum atomic E-state index is 12.0. The first-order chi connectivity index (χ1) is 10.2. The van der Waals surface area contributed by atoms with Gasteiger partial charge in [0.15, 0.2) is 11.5 Å². The number of ether oxygens (including phenoxy) is 2. The average molecular weight is 284 g/mol. The van der Waals surface area contributed by atoms with E-state index >= 15 is 0 Å². The summed E-state index contributed by atoms with van der Waals surface area (Å²) in [6.45, 7) is 2.18. The molecule has 3 rings (SSSR count). The first-order valence-corrected chi connectivity index (χ1v) is 6.82. The number of rotatable bonds is 4. The van der Waals surface area contributed by atoms with Crippen LogP contribution in [0, 0.1) is 6.92 Å². The van der Waals surface area contributed by atoms with Gasteiger partial charge in [-0.25, -0.2) is 4.98 Å². The van der Waals surface area contributed by atoms with E-state index in [1.165, 1.54) is 0 Å². The van der Waals surface area contributed by atoms with Gasteiger partial charge in [0.2, 0.25) is 12.7 Å². The van der Waals surface area contributed by atoms with E-state index in [2.05, 4.69) is 10.3 Å². The van der Waals surface area contributed by atoms with Crippen molar-refractivity contribution < 1.29 is 14.3 Å². The molecule has 1 N–H and O–H groups in total. The third kappa shape index (κ3) is 3.13. The van der Waals surface area contributed by atoms with E-state index in [-0.39, 0.29) is 12.7 Å². The Bertz CT molecular complexity index is 670. The van der Waals surface area contributed by atoms with Crippen molar-refractivity contribution in [1.29, 1.82) is 0 Å². The summed E-state index contributed by atoms with van der Waals surface area (Å²) >= 11 is 0. The molecule has 0 saturated carbocycles. The highest BCUT2D eigenvalue weighted by atomic mass is 16.7. The molecule has 1 aliphatic heterocycles. The van der Waals surface area contributed by atoms with E-state index in [1.54, 1.807) is 6.20 Å². The van der Waals surface area contributed by atoms with E-state index < -0.39 is 0 Å². The minimum absolute atomic E-state index is 0.0468. The van der Waals surface area contributed by atoms with Crippen molar-refractivity contribution in [1.82, 2.24) is 4.98 Å². The summed E-state index contributed by atoms with van der Waals surface area (Å²) in [4.78, 5) is 16.1. The Morgan fingerprint density at radius 1 is 1.29 bits per heavy atom. The Morgan fingerprint density at radius 2 is 2.14 bits per heavy atom. The standard InChI is InChI=1S/C16H16N2O3/c1-11-3-2-8-17-16(11)18-15(19)7-5-12-4-6-13-14(9-12)21-10-20-13/h2-4,6,8-9H,5,7,10H2,1H3,(H,17,18,19). The molecular formula is C16H16N2O3. The van der Waals surface area contributed by atoms with Crippen LogP contribution < -0.4 is 14.8 Å². The van der Waals surface area contributed by atoms with Gasteiger partial charge in [0.1, 0.15) is 5.82 Å². The lowest BCUT2D eigenvalue weighted by molar-refractivity contribution is -0.116. The molecule has 5 nitrogen and oxygen atoms in total.